The Balaban J connectivity index is 1.65. The number of benzene rings is 1. The minimum atomic E-state index is -0.845. The van der Waals surface area contributed by atoms with Crippen molar-refractivity contribution in [2.75, 3.05) is 19.6 Å². The van der Waals surface area contributed by atoms with Crippen molar-refractivity contribution < 1.29 is 24.0 Å². The summed E-state index contributed by atoms with van der Waals surface area (Å²) in [6, 6.07) is 8.80. The topological polar surface area (TPSA) is 91.4 Å². The van der Waals surface area contributed by atoms with Crippen LogP contribution in [0.3, 0.4) is 0 Å². The molecule has 3 amide bonds. The lowest BCUT2D eigenvalue weighted by atomic mass is 9.85. The number of rotatable bonds is 6. The highest BCUT2D eigenvalue weighted by Crippen LogP contribution is 2.35. The van der Waals surface area contributed by atoms with Crippen LogP contribution in [-0.4, -0.2) is 76.8 Å². The van der Waals surface area contributed by atoms with Crippen molar-refractivity contribution in [1.82, 2.24) is 20.2 Å². The van der Waals surface area contributed by atoms with Gasteiger partial charge in [-0.2, -0.15) is 5.06 Å². The van der Waals surface area contributed by atoms with Gasteiger partial charge in [0.05, 0.1) is 12.6 Å². The Labute approximate surface area is 207 Å². The highest BCUT2D eigenvalue weighted by molar-refractivity contribution is 5.92. The molecule has 1 aromatic rings. The van der Waals surface area contributed by atoms with E-state index in [0.29, 0.717) is 25.9 Å². The van der Waals surface area contributed by atoms with E-state index in [4.69, 9.17) is 9.57 Å². The molecular weight excluding hydrogens is 448 g/mol. The van der Waals surface area contributed by atoms with Crippen LogP contribution in [0.4, 0.5) is 4.79 Å². The molecule has 3 saturated heterocycles. The standard InChI is InChI=1S/C26H38N4O5/c1-17(2)11-21-24(32)29-20(12-26(3,4)5)23(31)28(19-13-27-14-19)15-22(29)30(35-21)25(33)34-16-18-9-7-6-8-10-18/h6-10,17,19-22,27H,11-16H2,1-5H3/t20-,21+,22-/m0/s1. The van der Waals surface area contributed by atoms with Gasteiger partial charge in [-0.15, -0.1) is 0 Å². The van der Waals surface area contributed by atoms with E-state index in [-0.39, 0.29) is 42.3 Å². The molecule has 9 nitrogen and oxygen atoms in total. The van der Waals surface area contributed by atoms with Crippen LogP contribution in [0.5, 0.6) is 0 Å². The number of carbonyl (C=O) groups excluding carboxylic acids is 3. The number of nitrogens with one attached hydrogen (secondary N) is 1. The van der Waals surface area contributed by atoms with E-state index in [9.17, 15) is 14.4 Å². The number of hydrogen-bond acceptors (Lipinski definition) is 6. The van der Waals surface area contributed by atoms with Gasteiger partial charge < -0.3 is 19.9 Å². The summed E-state index contributed by atoms with van der Waals surface area (Å²) in [5.41, 5.74) is 0.660. The lowest BCUT2D eigenvalue weighted by Gasteiger charge is -2.55. The lowest BCUT2D eigenvalue weighted by molar-refractivity contribution is -0.271. The normalized spacial score (nSPS) is 25.5. The van der Waals surface area contributed by atoms with Crippen LogP contribution in [0.1, 0.15) is 53.0 Å². The quantitative estimate of drug-likeness (QED) is 0.665. The molecule has 0 unspecified atom stereocenters. The first-order valence-electron chi connectivity index (χ1n) is 12.5. The maximum atomic E-state index is 13.7. The van der Waals surface area contributed by atoms with Gasteiger partial charge in [-0.05, 0) is 29.7 Å². The zero-order valence-corrected chi connectivity index (χ0v) is 21.4. The van der Waals surface area contributed by atoms with Gasteiger partial charge in [-0.25, -0.2) is 4.79 Å². The van der Waals surface area contributed by atoms with Crippen molar-refractivity contribution in [3.05, 3.63) is 35.9 Å². The number of carbonyl (C=O) groups is 3. The summed E-state index contributed by atoms with van der Waals surface area (Å²) in [6.07, 6.45) is -1.30. The fourth-order valence-corrected chi connectivity index (χ4v) is 4.89. The van der Waals surface area contributed by atoms with E-state index in [1.165, 1.54) is 5.06 Å². The highest BCUT2D eigenvalue weighted by atomic mass is 16.7. The van der Waals surface area contributed by atoms with Crippen molar-refractivity contribution in [3.8, 4) is 0 Å². The molecule has 1 aromatic carbocycles. The average Bonchev–Trinajstić information content (AvgIpc) is 2.75. The van der Waals surface area contributed by atoms with Gasteiger partial charge in [-0.1, -0.05) is 65.0 Å². The summed E-state index contributed by atoms with van der Waals surface area (Å²) in [6.45, 7) is 11.9. The predicted molar refractivity (Wildman–Crippen MR) is 130 cm³/mol. The Bertz CT molecular complexity index is 927. The van der Waals surface area contributed by atoms with Crippen molar-refractivity contribution >= 4 is 17.9 Å². The van der Waals surface area contributed by atoms with Gasteiger partial charge in [0, 0.05) is 13.1 Å². The summed E-state index contributed by atoms with van der Waals surface area (Å²) in [4.78, 5) is 50.1. The van der Waals surface area contributed by atoms with Gasteiger partial charge >= 0.3 is 6.09 Å². The Morgan fingerprint density at radius 1 is 1.14 bits per heavy atom. The molecule has 0 spiro atoms. The van der Waals surface area contributed by atoms with Crippen LogP contribution in [0, 0.1) is 11.3 Å². The molecule has 3 aliphatic rings. The number of piperazine rings is 1. The van der Waals surface area contributed by atoms with Gasteiger partial charge in [0.25, 0.3) is 5.91 Å². The summed E-state index contributed by atoms with van der Waals surface area (Å²) < 4.78 is 5.61. The molecule has 3 aliphatic heterocycles. The molecule has 1 N–H and O–H groups in total. The smallest absolute Gasteiger partial charge is 0.436 e. The van der Waals surface area contributed by atoms with Gasteiger partial charge in [0.1, 0.15) is 12.6 Å². The molecule has 0 aromatic heterocycles. The molecule has 0 saturated carbocycles. The van der Waals surface area contributed by atoms with E-state index in [1.807, 2.05) is 49.1 Å². The third kappa shape index (κ3) is 5.62. The molecule has 0 radical (unpaired) electrons. The minimum Gasteiger partial charge on any atom is -0.443 e. The molecule has 3 atom stereocenters. The first-order chi connectivity index (χ1) is 16.5. The van der Waals surface area contributed by atoms with Gasteiger partial charge in [0.2, 0.25) is 5.91 Å². The van der Waals surface area contributed by atoms with E-state index in [0.717, 1.165) is 5.56 Å². The van der Waals surface area contributed by atoms with Crippen LogP contribution in [0.2, 0.25) is 0 Å². The molecule has 9 heteroatoms. The number of hydrogen-bond donors (Lipinski definition) is 1. The Hall–Kier alpha value is -2.65. The Morgan fingerprint density at radius 3 is 2.40 bits per heavy atom. The zero-order chi connectivity index (χ0) is 25.3. The highest BCUT2D eigenvalue weighted by Gasteiger charge is 2.55. The third-order valence-electron chi connectivity index (χ3n) is 6.70. The second-order valence-corrected chi connectivity index (χ2v) is 11.4. The molecule has 192 valence electrons. The molecule has 35 heavy (non-hydrogen) atoms. The van der Waals surface area contributed by atoms with Crippen LogP contribution in [0.25, 0.3) is 0 Å². The van der Waals surface area contributed by atoms with E-state index in [1.54, 1.807) is 4.90 Å². The summed E-state index contributed by atoms with van der Waals surface area (Å²) in [7, 11) is 0. The first kappa shape index (κ1) is 25.4. The SMILES string of the molecule is CC(C)C[C@H]1ON(C(=O)OCc2ccccc2)[C@H]2CN(C3CNC3)C(=O)[C@H](CC(C)(C)C)N2C1=O. The van der Waals surface area contributed by atoms with E-state index >= 15 is 0 Å². The van der Waals surface area contributed by atoms with E-state index < -0.39 is 24.4 Å². The maximum absolute atomic E-state index is 13.7. The number of hydroxylamine groups is 2. The largest absolute Gasteiger partial charge is 0.443 e. The Kier molecular flexibility index (Phi) is 7.38. The van der Waals surface area contributed by atoms with Crippen molar-refractivity contribution in [2.45, 2.75) is 78.4 Å². The van der Waals surface area contributed by atoms with Crippen LogP contribution in [0.15, 0.2) is 30.3 Å². The lowest BCUT2D eigenvalue weighted by Crippen LogP contribution is -2.76. The van der Waals surface area contributed by atoms with Crippen molar-refractivity contribution in [2.24, 2.45) is 11.3 Å². The summed E-state index contributed by atoms with van der Waals surface area (Å²) in [5.74, 6) is -0.120. The second-order valence-electron chi connectivity index (χ2n) is 11.4. The molecule has 0 bridgehead atoms. The molecule has 0 aliphatic carbocycles. The zero-order valence-electron chi connectivity index (χ0n) is 21.4. The first-order valence-corrected chi connectivity index (χ1v) is 12.5. The maximum Gasteiger partial charge on any atom is 0.436 e. The number of nitrogens with zero attached hydrogens (tertiary/aromatic N) is 3. The fraction of sp³-hybridized carbons (Fsp3) is 0.654. The van der Waals surface area contributed by atoms with Crippen LogP contribution < -0.4 is 5.32 Å². The second kappa shape index (κ2) is 10.1. The molecular formula is C26H38N4O5. The molecule has 3 fully saturated rings. The van der Waals surface area contributed by atoms with Crippen molar-refractivity contribution in [3.63, 3.8) is 0 Å². The monoisotopic (exact) mass is 486 g/mol. The third-order valence-corrected chi connectivity index (χ3v) is 6.70. The fourth-order valence-electron chi connectivity index (χ4n) is 4.89. The van der Waals surface area contributed by atoms with E-state index in [2.05, 4.69) is 26.1 Å². The number of amides is 3. The average molecular weight is 487 g/mol. The predicted octanol–water partition coefficient (Wildman–Crippen LogP) is 2.76. The summed E-state index contributed by atoms with van der Waals surface area (Å²) >= 11 is 0. The number of ether oxygens (including phenoxy) is 1. The van der Waals surface area contributed by atoms with Crippen molar-refractivity contribution in [1.29, 1.82) is 0 Å². The Morgan fingerprint density at radius 2 is 1.83 bits per heavy atom. The summed E-state index contributed by atoms with van der Waals surface area (Å²) in [5, 5.41) is 4.42. The molecule has 4 rings (SSSR count). The van der Waals surface area contributed by atoms with Crippen LogP contribution >= 0.6 is 0 Å². The number of fused-ring (bicyclic) bond motifs is 1. The molecule has 3 heterocycles. The van der Waals surface area contributed by atoms with Crippen LogP contribution in [-0.2, 0) is 25.8 Å². The van der Waals surface area contributed by atoms with Gasteiger partial charge in [-0.3, -0.25) is 14.4 Å². The minimum absolute atomic E-state index is 0.0396. The van der Waals surface area contributed by atoms with Gasteiger partial charge in [0.15, 0.2) is 12.3 Å².